The molecule has 4 nitrogen and oxygen atoms in total. The van der Waals surface area contributed by atoms with Crippen molar-refractivity contribution in [1.29, 1.82) is 0 Å². The van der Waals surface area contributed by atoms with E-state index in [1.54, 1.807) is 23.1 Å². The molecule has 0 fully saturated rings. The fraction of sp³-hybridized carbons (Fsp3) is 0.375. The van der Waals surface area contributed by atoms with Gasteiger partial charge in [-0.2, -0.15) is 0 Å². The van der Waals surface area contributed by atoms with Crippen LogP contribution < -0.4 is 0 Å². The smallest absolute Gasteiger partial charge is 0.310 e. The first-order valence-electron chi connectivity index (χ1n) is 6.85. The van der Waals surface area contributed by atoms with Gasteiger partial charge >= 0.3 is 5.97 Å². The highest BCUT2D eigenvalue weighted by atomic mass is 35.5. The molecule has 0 radical (unpaired) electrons. The van der Waals surface area contributed by atoms with Gasteiger partial charge in [0.15, 0.2) is 6.61 Å². The zero-order chi connectivity index (χ0) is 16.7. The van der Waals surface area contributed by atoms with Crippen LogP contribution in [0, 0.1) is 0 Å². The summed E-state index contributed by atoms with van der Waals surface area (Å²) in [6, 6.07) is 4.86. The Bertz CT molecular complexity index is 573. The second-order valence-electron chi connectivity index (χ2n) is 4.94. The highest BCUT2D eigenvalue weighted by Gasteiger charge is 2.15. The molecule has 0 spiro atoms. The van der Waals surface area contributed by atoms with Crippen LogP contribution in [0.1, 0.15) is 19.4 Å². The van der Waals surface area contributed by atoms with Crippen molar-refractivity contribution in [3.63, 3.8) is 0 Å². The summed E-state index contributed by atoms with van der Waals surface area (Å²) in [5.41, 5.74) is 1.48. The monoisotopic (exact) mass is 343 g/mol. The lowest BCUT2D eigenvalue weighted by molar-refractivity contribution is -0.151. The molecule has 0 bridgehead atoms. The number of esters is 1. The Balaban J connectivity index is 2.51. The maximum absolute atomic E-state index is 11.9. The van der Waals surface area contributed by atoms with Crippen molar-refractivity contribution in [3.8, 4) is 0 Å². The molecule has 0 unspecified atom stereocenters. The van der Waals surface area contributed by atoms with Gasteiger partial charge in [0.2, 0.25) is 0 Å². The summed E-state index contributed by atoms with van der Waals surface area (Å²) in [6.07, 6.45) is -0.00407. The number of carbonyl (C=O) groups is 2. The molecule has 0 aliphatic carbocycles. The summed E-state index contributed by atoms with van der Waals surface area (Å²) in [5.74, 6) is -0.759. The predicted octanol–water partition coefficient (Wildman–Crippen LogP) is 3.50. The molecular formula is C16H19Cl2NO3. The molecule has 6 heteroatoms. The SMILES string of the molecule is C=C(C)CN(CC)C(=O)COC(=O)Cc1ccc(Cl)cc1Cl. The third-order valence-corrected chi connectivity index (χ3v) is 3.49. The van der Waals surface area contributed by atoms with E-state index in [-0.39, 0.29) is 18.9 Å². The molecule has 0 aromatic heterocycles. The lowest BCUT2D eigenvalue weighted by Gasteiger charge is -2.20. The lowest BCUT2D eigenvalue weighted by Crippen LogP contribution is -2.35. The van der Waals surface area contributed by atoms with Crippen LogP contribution in [0.15, 0.2) is 30.4 Å². The zero-order valence-electron chi connectivity index (χ0n) is 12.7. The molecule has 22 heavy (non-hydrogen) atoms. The summed E-state index contributed by atoms with van der Waals surface area (Å²) in [5, 5.41) is 0.893. The highest BCUT2D eigenvalue weighted by molar-refractivity contribution is 6.35. The first-order chi connectivity index (χ1) is 10.3. The molecule has 1 aromatic rings. The van der Waals surface area contributed by atoms with Gasteiger partial charge < -0.3 is 9.64 Å². The number of ether oxygens (including phenoxy) is 1. The maximum atomic E-state index is 11.9. The van der Waals surface area contributed by atoms with Crippen LogP contribution in [-0.4, -0.2) is 36.5 Å². The number of hydrogen-bond acceptors (Lipinski definition) is 3. The Morgan fingerprint density at radius 1 is 1.32 bits per heavy atom. The average Bonchev–Trinajstić information content (AvgIpc) is 2.45. The van der Waals surface area contributed by atoms with E-state index >= 15 is 0 Å². The van der Waals surface area contributed by atoms with E-state index in [1.807, 2.05) is 13.8 Å². The van der Waals surface area contributed by atoms with Crippen molar-refractivity contribution in [3.05, 3.63) is 46.0 Å². The van der Waals surface area contributed by atoms with E-state index in [0.29, 0.717) is 28.7 Å². The van der Waals surface area contributed by atoms with Crippen LogP contribution in [-0.2, 0) is 20.7 Å². The third-order valence-electron chi connectivity index (χ3n) is 2.90. The van der Waals surface area contributed by atoms with Crippen molar-refractivity contribution in [2.24, 2.45) is 0 Å². The Morgan fingerprint density at radius 3 is 2.55 bits per heavy atom. The molecule has 0 N–H and O–H groups in total. The van der Waals surface area contributed by atoms with Gasteiger partial charge in [-0.25, -0.2) is 0 Å². The largest absolute Gasteiger partial charge is 0.455 e. The molecule has 1 rings (SSSR count). The van der Waals surface area contributed by atoms with Crippen LogP contribution in [0.4, 0.5) is 0 Å². The Morgan fingerprint density at radius 2 is 2.00 bits per heavy atom. The van der Waals surface area contributed by atoms with E-state index in [1.165, 1.54) is 0 Å². The van der Waals surface area contributed by atoms with Gasteiger partial charge in [0, 0.05) is 23.1 Å². The molecule has 0 heterocycles. The molecule has 0 saturated heterocycles. The molecule has 0 saturated carbocycles. The fourth-order valence-electron chi connectivity index (χ4n) is 1.81. The van der Waals surface area contributed by atoms with Gasteiger partial charge in [0.25, 0.3) is 5.91 Å². The van der Waals surface area contributed by atoms with Gasteiger partial charge in [0.1, 0.15) is 0 Å². The fourth-order valence-corrected chi connectivity index (χ4v) is 2.28. The van der Waals surface area contributed by atoms with Crippen LogP contribution in [0.25, 0.3) is 0 Å². The number of benzene rings is 1. The van der Waals surface area contributed by atoms with E-state index in [9.17, 15) is 9.59 Å². The quantitative estimate of drug-likeness (QED) is 0.562. The summed E-state index contributed by atoms with van der Waals surface area (Å²) >= 11 is 11.8. The van der Waals surface area contributed by atoms with Crippen molar-refractivity contribution in [2.45, 2.75) is 20.3 Å². The minimum absolute atomic E-state index is 0.00407. The van der Waals surface area contributed by atoms with Crippen LogP contribution in [0.2, 0.25) is 10.0 Å². The minimum atomic E-state index is -0.510. The minimum Gasteiger partial charge on any atom is -0.455 e. The van der Waals surface area contributed by atoms with E-state index in [4.69, 9.17) is 27.9 Å². The third kappa shape index (κ3) is 6.08. The second kappa shape index (κ2) is 8.81. The Labute approximate surface area is 140 Å². The average molecular weight is 344 g/mol. The number of nitrogens with zero attached hydrogens (tertiary/aromatic N) is 1. The van der Waals surface area contributed by atoms with Crippen molar-refractivity contribution in [1.82, 2.24) is 4.90 Å². The van der Waals surface area contributed by atoms with E-state index in [2.05, 4.69) is 6.58 Å². The summed E-state index contributed by atoms with van der Waals surface area (Å²) in [6.45, 7) is 8.16. The van der Waals surface area contributed by atoms with E-state index in [0.717, 1.165) is 5.57 Å². The number of rotatable bonds is 7. The molecule has 1 aromatic carbocycles. The first-order valence-corrected chi connectivity index (χ1v) is 7.60. The summed E-state index contributed by atoms with van der Waals surface area (Å²) < 4.78 is 5.01. The van der Waals surface area contributed by atoms with Crippen molar-refractivity contribution >= 4 is 35.1 Å². The van der Waals surface area contributed by atoms with Crippen molar-refractivity contribution < 1.29 is 14.3 Å². The van der Waals surface area contributed by atoms with E-state index < -0.39 is 5.97 Å². The molecule has 120 valence electrons. The summed E-state index contributed by atoms with van der Waals surface area (Å²) in [7, 11) is 0. The zero-order valence-corrected chi connectivity index (χ0v) is 14.2. The Hall–Kier alpha value is -1.52. The topological polar surface area (TPSA) is 46.6 Å². The standard InChI is InChI=1S/C16H19Cl2NO3/c1-4-19(9-11(2)3)15(20)10-22-16(21)7-12-5-6-13(17)8-14(12)18/h5-6,8H,2,4,7,9-10H2,1,3H3. The normalized spacial score (nSPS) is 10.2. The maximum Gasteiger partial charge on any atom is 0.310 e. The number of halogens is 2. The first kappa shape index (κ1) is 18.5. The van der Waals surface area contributed by atoms with Gasteiger partial charge in [-0.15, -0.1) is 0 Å². The summed E-state index contributed by atoms with van der Waals surface area (Å²) in [4.78, 5) is 25.3. The molecule has 0 atom stereocenters. The van der Waals surface area contributed by atoms with Gasteiger partial charge in [-0.1, -0.05) is 41.4 Å². The number of hydrogen-bond donors (Lipinski definition) is 0. The molecule has 0 aliphatic rings. The predicted molar refractivity (Wildman–Crippen MR) is 88.2 cm³/mol. The lowest BCUT2D eigenvalue weighted by atomic mass is 10.1. The number of carbonyl (C=O) groups excluding carboxylic acids is 2. The molecule has 0 aliphatic heterocycles. The highest BCUT2D eigenvalue weighted by Crippen LogP contribution is 2.21. The number of amides is 1. The van der Waals surface area contributed by atoms with Crippen LogP contribution in [0.5, 0.6) is 0 Å². The van der Waals surface area contributed by atoms with Crippen LogP contribution >= 0.6 is 23.2 Å². The van der Waals surface area contributed by atoms with Crippen LogP contribution in [0.3, 0.4) is 0 Å². The van der Waals surface area contributed by atoms with Crippen molar-refractivity contribution in [2.75, 3.05) is 19.7 Å². The number of likely N-dealkylation sites (N-methyl/N-ethyl adjacent to an activating group) is 1. The molecular weight excluding hydrogens is 325 g/mol. The van der Waals surface area contributed by atoms with Gasteiger partial charge in [0.05, 0.1) is 6.42 Å². The molecule has 1 amide bonds. The van der Waals surface area contributed by atoms with Gasteiger partial charge in [-0.05, 0) is 31.5 Å². The van der Waals surface area contributed by atoms with Gasteiger partial charge in [-0.3, -0.25) is 9.59 Å². The second-order valence-corrected chi connectivity index (χ2v) is 5.78. The Kier molecular flexibility index (Phi) is 7.42.